The molecule has 1 saturated carbocycles. The van der Waals surface area contributed by atoms with Gasteiger partial charge in [0.2, 0.25) is 0 Å². The molecule has 0 aromatic rings. The lowest BCUT2D eigenvalue weighted by Gasteiger charge is -2.45. The third-order valence-electron chi connectivity index (χ3n) is 3.22. The van der Waals surface area contributed by atoms with Crippen molar-refractivity contribution in [2.75, 3.05) is 7.11 Å². The van der Waals surface area contributed by atoms with Crippen molar-refractivity contribution in [2.45, 2.75) is 63.7 Å². The number of hydrogen-bond acceptors (Lipinski definition) is 5. The van der Waals surface area contributed by atoms with Crippen molar-refractivity contribution >= 4 is 12.1 Å². The smallest absolute Gasteiger partial charge is 0.408 e. The molecule has 2 N–H and O–H groups in total. The minimum absolute atomic E-state index is 0.133. The minimum atomic E-state index is -0.957. The first-order valence-corrected chi connectivity index (χ1v) is 6.44. The first-order valence-electron chi connectivity index (χ1n) is 6.44. The lowest BCUT2D eigenvalue weighted by Crippen LogP contribution is -2.62. The Kier molecular flexibility index (Phi) is 4.79. The normalized spacial score (nSPS) is 19.0. The van der Waals surface area contributed by atoms with Gasteiger partial charge in [-0.2, -0.15) is 0 Å². The third kappa shape index (κ3) is 4.38. The van der Waals surface area contributed by atoms with Crippen LogP contribution >= 0.6 is 0 Å². The second-order valence-electron chi connectivity index (χ2n) is 5.93. The molecule has 1 fully saturated rings. The maximum atomic E-state index is 11.8. The van der Waals surface area contributed by atoms with Gasteiger partial charge in [0.1, 0.15) is 5.60 Å². The standard InChI is InChI=1S/C13H23NO5/c1-12(2,3)19-11(17)14-13(6-5-7-13)9(15)8-10(16)18-4/h9,15H,5-8H2,1-4H3,(H,14,17)/t9-/m1/s1. The SMILES string of the molecule is COC(=O)C[C@@H](O)C1(NC(=O)OC(C)(C)C)CCC1. The summed E-state index contributed by atoms with van der Waals surface area (Å²) in [6, 6.07) is 0. The van der Waals surface area contributed by atoms with Crippen LogP contribution < -0.4 is 5.32 Å². The largest absolute Gasteiger partial charge is 0.469 e. The van der Waals surface area contributed by atoms with Gasteiger partial charge in [-0.05, 0) is 40.0 Å². The van der Waals surface area contributed by atoms with Crippen LogP contribution in [0.2, 0.25) is 0 Å². The monoisotopic (exact) mass is 273 g/mol. The topological polar surface area (TPSA) is 84.9 Å². The number of hydrogen-bond donors (Lipinski definition) is 2. The molecule has 1 amide bonds. The zero-order valence-corrected chi connectivity index (χ0v) is 12.0. The van der Waals surface area contributed by atoms with E-state index in [4.69, 9.17) is 4.74 Å². The Hall–Kier alpha value is -1.30. The number of nitrogens with one attached hydrogen (secondary N) is 1. The number of alkyl carbamates (subject to hydrolysis) is 1. The molecule has 0 aliphatic heterocycles. The first kappa shape index (κ1) is 15.8. The van der Waals surface area contributed by atoms with Gasteiger partial charge < -0.3 is 19.9 Å². The number of aliphatic hydroxyl groups is 1. The van der Waals surface area contributed by atoms with Crippen LogP contribution in [-0.2, 0) is 14.3 Å². The Morgan fingerprint density at radius 3 is 2.32 bits per heavy atom. The van der Waals surface area contributed by atoms with E-state index in [1.165, 1.54) is 7.11 Å². The fourth-order valence-electron chi connectivity index (χ4n) is 2.04. The van der Waals surface area contributed by atoms with Crippen LogP contribution in [0.1, 0.15) is 46.5 Å². The molecule has 1 rings (SSSR count). The molecule has 0 saturated heterocycles. The van der Waals surface area contributed by atoms with E-state index < -0.39 is 29.3 Å². The first-order chi connectivity index (χ1) is 8.68. The predicted molar refractivity (Wildman–Crippen MR) is 68.6 cm³/mol. The molecular weight excluding hydrogens is 250 g/mol. The van der Waals surface area contributed by atoms with Crippen molar-refractivity contribution in [3.05, 3.63) is 0 Å². The molecular formula is C13H23NO5. The van der Waals surface area contributed by atoms with Crippen molar-refractivity contribution < 1.29 is 24.2 Å². The molecule has 1 atom stereocenters. The van der Waals surface area contributed by atoms with E-state index in [2.05, 4.69) is 10.1 Å². The maximum Gasteiger partial charge on any atom is 0.408 e. The molecule has 0 unspecified atom stereocenters. The van der Waals surface area contributed by atoms with E-state index in [0.717, 1.165) is 6.42 Å². The number of carbonyl (C=O) groups is 2. The number of rotatable bonds is 4. The molecule has 0 radical (unpaired) electrons. The molecule has 1 aliphatic rings. The second-order valence-corrected chi connectivity index (χ2v) is 5.93. The van der Waals surface area contributed by atoms with Crippen LogP contribution in [-0.4, -0.2) is 41.5 Å². The van der Waals surface area contributed by atoms with Gasteiger partial charge in [0, 0.05) is 0 Å². The van der Waals surface area contributed by atoms with E-state index in [1.54, 1.807) is 20.8 Å². The summed E-state index contributed by atoms with van der Waals surface area (Å²) in [5.41, 5.74) is -1.36. The lowest BCUT2D eigenvalue weighted by molar-refractivity contribution is -0.145. The van der Waals surface area contributed by atoms with E-state index >= 15 is 0 Å². The fraction of sp³-hybridized carbons (Fsp3) is 0.846. The van der Waals surface area contributed by atoms with Gasteiger partial charge in [0.25, 0.3) is 0 Å². The third-order valence-corrected chi connectivity index (χ3v) is 3.22. The summed E-state index contributed by atoms with van der Waals surface area (Å²) < 4.78 is 9.70. The number of carbonyl (C=O) groups excluding carboxylic acids is 2. The van der Waals surface area contributed by atoms with Crippen molar-refractivity contribution in [3.8, 4) is 0 Å². The zero-order chi connectivity index (χ0) is 14.7. The molecule has 0 heterocycles. The number of esters is 1. The number of methoxy groups -OCH3 is 1. The lowest BCUT2D eigenvalue weighted by atomic mass is 9.72. The summed E-state index contributed by atoms with van der Waals surface area (Å²) in [5, 5.41) is 12.8. The van der Waals surface area contributed by atoms with Crippen molar-refractivity contribution in [3.63, 3.8) is 0 Å². The Labute approximate surface area is 113 Å². The Bertz CT molecular complexity index is 343. The highest BCUT2D eigenvalue weighted by Gasteiger charge is 2.46. The predicted octanol–water partition coefficient (Wildman–Crippen LogP) is 1.36. The van der Waals surface area contributed by atoms with Gasteiger partial charge in [0.05, 0.1) is 25.2 Å². The summed E-state index contributed by atoms with van der Waals surface area (Å²) in [4.78, 5) is 23.0. The van der Waals surface area contributed by atoms with Crippen LogP contribution in [0.5, 0.6) is 0 Å². The molecule has 0 bridgehead atoms. The molecule has 0 aromatic carbocycles. The molecule has 1 aliphatic carbocycles. The number of aliphatic hydroxyl groups excluding tert-OH is 1. The van der Waals surface area contributed by atoms with Crippen LogP contribution in [0.4, 0.5) is 4.79 Å². The summed E-state index contributed by atoms with van der Waals surface area (Å²) in [6.07, 6.45) is 0.493. The Morgan fingerprint density at radius 1 is 1.37 bits per heavy atom. The average molecular weight is 273 g/mol. The average Bonchev–Trinajstić information content (AvgIpc) is 2.20. The quantitative estimate of drug-likeness (QED) is 0.755. The highest BCUT2D eigenvalue weighted by Crippen LogP contribution is 2.36. The van der Waals surface area contributed by atoms with Gasteiger partial charge in [-0.25, -0.2) is 4.79 Å². The molecule has 6 heteroatoms. The van der Waals surface area contributed by atoms with Crippen LogP contribution in [0.3, 0.4) is 0 Å². The number of ether oxygens (including phenoxy) is 2. The van der Waals surface area contributed by atoms with E-state index in [-0.39, 0.29) is 6.42 Å². The van der Waals surface area contributed by atoms with E-state index in [1.807, 2.05) is 0 Å². The van der Waals surface area contributed by atoms with Gasteiger partial charge in [0.15, 0.2) is 0 Å². The summed E-state index contributed by atoms with van der Waals surface area (Å²) in [6.45, 7) is 5.31. The zero-order valence-electron chi connectivity index (χ0n) is 12.0. The summed E-state index contributed by atoms with van der Waals surface area (Å²) in [7, 11) is 1.27. The summed E-state index contributed by atoms with van der Waals surface area (Å²) >= 11 is 0. The summed E-state index contributed by atoms with van der Waals surface area (Å²) in [5.74, 6) is -0.496. The van der Waals surface area contributed by atoms with Gasteiger partial charge in [-0.3, -0.25) is 4.79 Å². The highest BCUT2D eigenvalue weighted by molar-refractivity contribution is 5.71. The van der Waals surface area contributed by atoms with Gasteiger partial charge >= 0.3 is 12.1 Å². The maximum absolute atomic E-state index is 11.8. The second kappa shape index (κ2) is 5.77. The van der Waals surface area contributed by atoms with Crippen molar-refractivity contribution in [2.24, 2.45) is 0 Å². The highest BCUT2D eigenvalue weighted by atomic mass is 16.6. The molecule has 0 aromatic heterocycles. The van der Waals surface area contributed by atoms with Gasteiger partial charge in [-0.15, -0.1) is 0 Å². The Balaban J connectivity index is 2.60. The van der Waals surface area contributed by atoms with Gasteiger partial charge in [-0.1, -0.05) is 0 Å². The van der Waals surface area contributed by atoms with Crippen LogP contribution in [0.15, 0.2) is 0 Å². The van der Waals surface area contributed by atoms with E-state index in [9.17, 15) is 14.7 Å². The molecule has 19 heavy (non-hydrogen) atoms. The fourth-order valence-corrected chi connectivity index (χ4v) is 2.04. The van der Waals surface area contributed by atoms with E-state index in [0.29, 0.717) is 12.8 Å². The number of amides is 1. The van der Waals surface area contributed by atoms with Crippen LogP contribution in [0, 0.1) is 0 Å². The molecule has 6 nitrogen and oxygen atoms in total. The van der Waals surface area contributed by atoms with Crippen molar-refractivity contribution in [1.82, 2.24) is 5.32 Å². The minimum Gasteiger partial charge on any atom is -0.469 e. The molecule has 0 spiro atoms. The Morgan fingerprint density at radius 2 is 1.95 bits per heavy atom. The molecule has 110 valence electrons. The van der Waals surface area contributed by atoms with Crippen LogP contribution in [0.25, 0.3) is 0 Å². The van der Waals surface area contributed by atoms with Crippen molar-refractivity contribution in [1.29, 1.82) is 0 Å².